The maximum atomic E-state index is 2.41. The standard InChI is InChI=1S/C51H39N3/c1-51(2)45-20-10-9-19-43(45)44-34-33-42(35-46(44)51)52(39-27-25-37(26-28-39)36-15-5-3-6-16-36)40-29-31-41(32-30-40)54-49-23-13-11-21-47(49)53(38-17-7-4-8-18-38)48-22-12-14-24-50(48)54/h3-35H,1-2H3. The topological polar surface area (TPSA) is 9.72 Å². The van der Waals surface area contributed by atoms with Crippen molar-refractivity contribution in [3.8, 4) is 22.3 Å². The molecule has 2 aliphatic rings. The molecule has 1 aliphatic heterocycles. The van der Waals surface area contributed by atoms with Gasteiger partial charge in [0.05, 0.1) is 22.7 Å². The lowest BCUT2D eigenvalue weighted by Gasteiger charge is -2.40. The fourth-order valence-corrected chi connectivity index (χ4v) is 8.54. The van der Waals surface area contributed by atoms with Crippen LogP contribution in [0, 0.1) is 0 Å². The average Bonchev–Trinajstić information content (AvgIpc) is 3.46. The molecule has 0 radical (unpaired) electrons. The van der Waals surface area contributed by atoms with Gasteiger partial charge < -0.3 is 14.7 Å². The molecular formula is C51H39N3. The predicted molar refractivity (Wildman–Crippen MR) is 227 cm³/mol. The van der Waals surface area contributed by atoms with Gasteiger partial charge >= 0.3 is 0 Å². The van der Waals surface area contributed by atoms with Crippen molar-refractivity contribution in [1.29, 1.82) is 0 Å². The molecule has 1 aliphatic carbocycles. The molecule has 1 heterocycles. The van der Waals surface area contributed by atoms with E-state index in [0.29, 0.717) is 0 Å². The van der Waals surface area contributed by atoms with Gasteiger partial charge in [-0.3, -0.25) is 0 Å². The Bertz CT molecular complexity index is 2580. The van der Waals surface area contributed by atoms with Crippen molar-refractivity contribution in [1.82, 2.24) is 0 Å². The number of nitrogens with zero attached hydrogens (tertiary/aromatic N) is 3. The number of hydrogen-bond acceptors (Lipinski definition) is 3. The molecule has 54 heavy (non-hydrogen) atoms. The molecule has 10 rings (SSSR count). The molecule has 0 saturated heterocycles. The molecule has 0 bridgehead atoms. The summed E-state index contributed by atoms with van der Waals surface area (Å²) in [4.78, 5) is 7.15. The van der Waals surface area contributed by atoms with Crippen molar-refractivity contribution in [3.05, 3.63) is 211 Å². The minimum absolute atomic E-state index is 0.0999. The monoisotopic (exact) mass is 693 g/mol. The zero-order valence-corrected chi connectivity index (χ0v) is 30.4. The van der Waals surface area contributed by atoms with E-state index in [0.717, 1.165) is 51.2 Å². The van der Waals surface area contributed by atoms with Crippen molar-refractivity contribution < 1.29 is 0 Å². The normalized spacial score (nSPS) is 13.4. The van der Waals surface area contributed by atoms with E-state index in [2.05, 4.69) is 229 Å². The van der Waals surface area contributed by atoms with Crippen LogP contribution in [-0.4, -0.2) is 0 Å². The maximum absolute atomic E-state index is 2.41. The van der Waals surface area contributed by atoms with Crippen LogP contribution in [0.25, 0.3) is 22.3 Å². The second kappa shape index (κ2) is 12.7. The minimum Gasteiger partial charge on any atom is -0.310 e. The largest absolute Gasteiger partial charge is 0.310 e. The third-order valence-corrected chi connectivity index (χ3v) is 11.2. The Kier molecular flexibility index (Phi) is 7.48. The first-order valence-corrected chi connectivity index (χ1v) is 18.7. The molecule has 0 N–H and O–H groups in total. The van der Waals surface area contributed by atoms with E-state index in [1.54, 1.807) is 0 Å². The highest BCUT2D eigenvalue weighted by atomic mass is 15.3. The second-order valence-corrected chi connectivity index (χ2v) is 14.6. The quantitative estimate of drug-likeness (QED) is 0.172. The molecule has 3 nitrogen and oxygen atoms in total. The van der Waals surface area contributed by atoms with Gasteiger partial charge in [0.2, 0.25) is 0 Å². The Labute approximate surface area is 317 Å². The van der Waals surface area contributed by atoms with E-state index >= 15 is 0 Å². The van der Waals surface area contributed by atoms with Crippen LogP contribution in [-0.2, 0) is 5.41 Å². The van der Waals surface area contributed by atoms with Crippen LogP contribution in [0.15, 0.2) is 200 Å². The second-order valence-electron chi connectivity index (χ2n) is 14.6. The predicted octanol–water partition coefficient (Wildman–Crippen LogP) is 14.4. The number of benzene rings is 8. The summed E-state index contributed by atoms with van der Waals surface area (Å²) in [6.45, 7) is 4.70. The molecule has 0 amide bonds. The number of para-hydroxylation sites is 5. The van der Waals surface area contributed by atoms with Gasteiger partial charge in [0, 0.05) is 33.9 Å². The van der Waals surface area contributed by atoms with Crippen molar-refractivity contribution in [2.24, 2.45) is 0 Å². The Morgan fingerprint density at radius 2 is 0.778 bits per heavy atom. The van der Waals surface area contributed by atoms with E-state index in [-0.39, 0.29) is 5.41 Å². The Morgan fingerprint density at radius 3 is 1.37 bits per heavy atom. The summed E-state index contributed by atoms with van der Waals surface area (Å²) in [5.41, 5.74) is 17.9. The highest BCUT2D eigenvalue weighted by Gasteiger charge is 2.36. The lowest BCUT2D eigenvalue weighted by Crippen LogP contribution is -2.23. The van der Waals surface area contributed by atoms with Gasteiger partial charge in [0.15, 0.2) is 0 Å². The van der Waals surface area contributed by atoms with Crippen LogP contribution in [0.3, 0.4) is 0 Å². The number of anilines is 9. The Morgan fingerprint density at radius 1 is 0.352 bits per heavy atom. The highest BCUT2D eigenvalue weighted by Crippen LogP contribution is 2.55. The minimum atomic E-state index is -0.0999. The van der Waals surface area contributed by atoms with E-state index < -0.39 is 0 Å². The third-order valence-electron chi connectivity index (χ3n) is 11.2. The molecule has 0 saturated carbocycles. The number of fused-ring (bicyclic) bond motifs is 5. The van der Waals surface area contributed by atoms with Crippen LogP contribution in [0.2, 0.25) is 0 Å². The van der Waals surface area contributed by atoms with Gasteiger partial charge in [-0.2, -0.15) is 0 Å². The summed E-state index contributed by atoms with van der Waals surface area (Å²) in [5.74, 6) is 0. The van der Waals surface area contributed by atoms with Crippen LogP contribution < -0.4 is 14.7 Å². The van der Waals surface area contributed by atoms with E-state index in [1.165, 1.54) is 33.4 Å². The smallest absolute Gasteiger partial charge is 0.0703 e. The lowest BCUT2D eigenvalue weighted by molar-refractivity contribution is 0.660. The van der Waals surface area contributed by atoms with Crippen LogP contribution in [0.5, 0.6) is 0 Å². The van der Waals surface area contributed by atoms with Crippen molar-refractivity contribution in [3.63, 3.8) is 0 Å². The Balaban J connectivity index is 1.09. The molecule has 3 heteroatoms. The van der Waals surface area contributed by atoms with Gasteiger partial charge in [-0.05, 0) is 118 Å². The van der Waals surface area contributed by atoms with E-state index in [9.17, 15) is 0 Å². The number of rotatable bonds is 6. The molecule has 258 valence electrons. The van der Waals surface area contributed by atoms with Crippen LogP contribution in [0.4, 0.5) is 51.2 Å². The van der Waals surface area contributed by atoms with Crippen molar-refractivity contribution >= 4 is 51.2 Å². The molecule has 0 spiro atoms. The van der Waals surface area contributed by atoms with Crippen LogP contribution in [0.1, 0.15) is 25.0 Å². The van der Waals surface area contributed by atoms with Gasteiger partial charge in [-0.25, -0.2) is 0 Å². The molecule has 0 atom stereocenters. The first kappa shape index (κ1) is 31.9. The van der Waals surface area contributed by atoms with Gasteiger partial charge in [-0.1, -0.05) is 129 Å². The zero-order valence-electron chi connectivity index (χ0n) is 30.4. The zero-order chi connectivity index (χ0) is 36.2. The summed E-state index contributed by atoms with van der Waals surface area (Å²) in [6.07, 6.45) is 0. The Hall–Kier alpha value is -6.84. The molecular weight excluding hydrogens is 655 g/mol. The SMILES string of the molecule is CC1(C)c2ccccc2-c2ccc(N(c3ccc(-c4ccccc4)cc3)c3ccc(N4c5ccccc5N(c5ccccc5)c5ccccc54)cc3)cc21. The number of hydrogen-bond donors (Lipinski definition) is 0. The van der Waals surface area contributed by atoms with Crippen molar-refractivity contribution in [2.75, 3.05) is 14.7 Å². The summed E-state index contributed by atoms with van der Waals surface area (Å²) in [6, 6.07) is 72.5. The fraction of sp³-hybridized carbons (Fsp3) is 0.0588. The van der Waals surface area contributed by atoms with Crippen molar-refractivity contribution in [2.45, 2.75) is 19.3 Å². The molecule has 0 fully saturated rings. The van der Waals surface area contributed by atoms with Gasteiger partial charge in [-0.15, -0.1) is 0 Å². The van der Waals surface area contributed by atoms with E-state index in [1.807, 2.05) is 0 Å². The first-order chi connectivity index (χ1) is 26.6. The molecule has 8 aromatic rings. The lowest BCUT2D eigenvalue weighted by atomic mass is 9.82. The fourth-order valence-electron chi connectivity index (χ4n) is 8.54. The third kappa shape index (κ3) is 5.12. The summed E-state index contributed by atoms with van der Waals surface area (Å²) >= 11 is 0. The summed E-state index contributed by atoms with van der Waals surface area (Å²) < 4.78 is 0. The maximum Gasteiger partial charge on any atom is 0.0703 e. The first-order valence-electron chi connectivity index (χ1n) is 18.7. The van der Waals surface area contributed by atoms with Gasteiger partial charge in [0.25, 0.3) is 0 Å². The molecule has 0 unspecified atom stereocenters. The summed E-state index contributed by atoms with van der Waals surface area (Å²) in [5, 5.41) is 0. The van der Waals surface area contributed by atoms with Gasteiger partial charge in [0.1, 0.15) is 0 Å². The highest BCUT2D eigenvalue weighted by molar-refractivity contribution is 6.01. The summed E-state index contributed by atoms with van der Waals surface area (Å²) in [7, 11) is 0. The average molecular weight is 694 g/mol. The van der Waals surface area contributed by atoms with Crippen LogP contribution >= 0.6 is 0 Å². The molecule has 0 aromatic heterocycles. The van der Waals surface area contributed by atoms with E-state index in [4.69, 9.17) is 0 Å². The molecule has 8 aromatic carbocycles.